The Morgan fingerprint density at radius 2 is 2.24 bits per heavy atom. The van der Waals surface area contributed by atoms with Crippen molar-refractivity contribution in [3.05, 3.63) is 24.3 Å². The predicted octanol–water partition coefficient (Wildman–Crippen LogP) is 1.67. The predicted molar refractivity (Wildman–Crippen MR) is 84.9 cm³/mol. The zero-order valence-electron chi connectivity index (χ0n) is 12.3. The number of ether oxygens (including phenoxy) is 1. The number of amides is 2. The van der Waals surface area contributed by atoms with Gasteiger partial charge in [0.2, 0.25) is 11.8 Å². The molecule has 0 radical (unpaired) electrons. The summed E-state index contributed by atoms with van der Waals surface area (Å²) in [4.78, 5) is 25.7. The van der Waals surface area contributed by atoms with Crippen molar-refractivity contribution >= 4 is 29.3 Å². The second-order valence-electron chi connectivity index (χ2n) is 4.78. The largest absolute Gasteiger partial charge is 0.495 e. The highest BCUT2D eigenvalue weighted by Crippen LogP contribution is 2.33. The van der Waals surface area contributed by atoms with Crippen molar-refractivity contribution in [2.75, 3.05) is 31.4 Å². The average molecular weight is 308 g/mol. The fraction of sp³-hybridized carbons (Fsp3) is 0.467. The van der Waals surface area contributed by atoms with Crippen LogP contribution in [0, 0.1) is 0 Å². The van der Waals surface area contributed by atoms with Gasteiger partial charge in [0.25, 0.3) is 0 Å². The van der Waals surface area contributed by atoms with Gasteiger partial charge in [0.05, 0.1) is 23.8 Å². The van der Waals surface area contributed by atoms with E-state index in [1.165, 1.54) is 11.8 Å². The Bertz CT molecular complexity index is 521. The molecule has 6 heteroatoms. The Morgan fingerprint density at radius 1 is 1.48 bits per heavy atom. The van der Waals surface area contributed by atoms with Crippen molar-refractivity contribution < 1.29 is 14.3 Å². The number of thioether (sulfide) groups is 1. The van der Waals surface area contributed by atoms with Crippen molar-refractivity contribution in [3.8, 4) is 5.75 Å². The number of carbonyl (C=O) groups is 2. The van der Waals surface area contributed by atoms with Gasteiger partial charge >= 0.3 is 0 Å². The number of rotatable bonds is 5. The van der Waals surface area contributed by atoms with Crippen LogP contribution >= 0.6 is 11.8 Å². The number of nitrogens with zero attached hydrogens (tertiary/aromatic N) is 1. The van der Waals surface area contributed by atoms with Gasteiger partial charge in [0, 0.05) is 13.6 Å². The average Bonchev–Trinajstić information content (AvgIpc) is 2.53. The standard InChI is InChI=1S/C15H20N2O3S/c1-16-14(18)10-21-13-8-5-9-17(15(13)19)11-6-3-4-7-12(11)20-2/h3-4,6-7,13H,5,8-10H2,1-2H3,(H,16,18). The molecule has 0 saturated carbocycles. The van der Waals surface area contributed by atoms with Gasteiger partial charge in [-0.2, -0.15) is 0 Å². The van der Waals surface area contributed by atoms with E-state index in [1.54, 1.807) is 19.1 Å². The Kier molecular flexibility index (Phi) is 5.50. The Labute approximate surface area is 129 Å². The van der Waals surface area contributed by atoms with Gasteiger partial charge in [-0.05, 0) is 25.0 Å². The lowest BCUT2D eigenvalue weighted by Crippen LogP contribution is -2.43. The zero-order valence-corrected chi connectivity index (χ0v) is 13.1. The quantitative estimate of drug-likeness (QED) is 0.899. The highest BCUT2D eigenvalue weighted by molar-refractivity contribution is 8.01. The first-order chi connectivity index (χ1) is 10.2. The third-order valence-corrected chi connectivity index (χ3v) is 4.73. The van der Waals surface area contributed by atoms with Gasteiger partial charge in [-0.1, -0.05) is 12.1 Å². The van der Waals surface area contributed by atoms with Crippen LogP contribution in [0.5, 0.6) is 5.75 Å². The van der Waals surface area contributed by atoms with E-state index in [0.29, 0.717) is 18.0 Å². The van der Waals surface area contributed by atoms with Crippen molar-refractivity contribution in [1.82, 2.24) is 5.32 Å². The summed E-state index contributed by atoms with van der Waals surface area (Å²) in [5, 5.41) is 2.41. The Hall–Kier alpha value is -1.69. The minimum atomic E-state index is -0.166. The van der Waals surface area contributed by atoms with Crippen molar-refractivity contribution in [1.29, 1.82) is 0 Å². The van der Waals surface area contributed by atoms with Crippen LogP contribution in [0.25, 0.3) is 0 Å². The maximum atomic E-state index is 12.6. The molecule has 114 valence electrons. The molecule has 1 aromatic rings. The number of piperidine rings is 1. The lowest BCUT2D eigenvalue weighted by atomic mass is 10.1. The SMILES string of the molecule is CNC(=O)CSC1CCCN(c2ccccc2OC)C1=O. The van der Waals surface area contributed by atoms with Crippen molar-refractivity contribution in [2.24, 2.45) is 0 Å². The number of nitrogens with one attached hydrogen (secondary N) is 1. The summed E-state index contributed by atoms with van der Waals surface area (Å²) in [6.07, 6.45) is 1.74. The molecular weight excluding hydrogens is 288 g/mol. The van der Waals surface area contributed by atoms with E-state index in [9.17, 15) is 9.59 Å². The third-order valence-electron chi connectivity index (χ3n) is 3.46. The fourth-order valence-electron chi connectivity index (χ4n) is 2.34. The summed E-state index contributed by atoms with van der Waals surface area (Å²) in [6.45, 7) is 0.691. The number of carbonyl (C=O) groups excluding carboxylic acids is 2. The van der Waals surface area contributed by atoms with Crippen LogP contribution < -0.4 is 15.0 Å². The van der Waals surface area contributed by atoms with E-state index in [0.717, 1.165) is 18.5 Å². The lowest BCUT2D eigenvalue weighted by molar-refractivity contribution is -0.119. The molecule has 1 saturated heterocycles. The number of hydrogen-bond donors (Lipinski definition) is 1. The van der Waals surface area contributed by atoms with Gasteiger partial charge in [0.1, 0.15) is 5.75 Å². The first kappa shape index (κ1) is 15.7. The molecule has 1 heterocycles. The van der Waals surface area contributed by atoms with E-state index in [2.05, 4.69) is 5.32 Å². The van der Waals surface area contributed by atoms with Crippen molar-refractivity contribution in [3.63, 3.8) is 0 Å². The molecule has 2 rings (SSSR count). The smallest absolute Gasteiger partial charge is 0.240 e. The maximum Gasteiger partial charge on any atom is 0.240 e. The summed E-state index contributed by atoms with van der Waals surface area (Å²) in [7, 11) is 3.21. The molecule has 1 N–H and O–H groups in total. The Balaban J connectivity index is 2.10. The maximum absolute atomic E-state index is 12.6. The van der Waals surface area contributed by atoms with Crippen LogP contribution in [-0.2, 0) is 9.59 Å². The van der Waals surface area contributed by atoms with E-state index in [-0.39, 0.29) is 17.1 Å². The molecule has 1 aromatic carbocycles. The van der Waals surface area contributed by atoms with Gasteiger partial charge in [-0.25, -0.2) is 0 Å². The molecular formula is C15H20N2O3S. The van der Waals surface area contributed by atoms with Crippen molar-refractivity contribution in [2.45, 2.75) is 18.1 Å². The van der Waals surface area contributed by atoms with E-state index in [4.69, 9.17) is 4.74 Å². The first-order valence-corrected chi connectivity index (χ1v) is 7.99. The fourth-order valence-corrected chi connectivity index (χ4v) is 3.44. The molecule has 1 unspecified atom stereocenters. The number of benzene rings is 1. The molecule has 1 atom stereocenters. The summed E-state index contributed by atoms with van der Waals surface area (Å²) >= 11 is 1.41. The molecule has 21 heavy (non-hydrogen) atoms. The summed E-state index contributed by atoms with van der Waals surface area (Å²) < 4.78 is 5.33. The number of anilines is 1. The monoisotopic (exact) mass is 308 g/mol. The number of hydrogen-bond acceptors (Lipinski definition) is 4. The van der Waals surface area contributed by atoms with E-state index < -0.39 is 0 Å². The second-order valence-corrected chi connectivity index (χ2v) is 5.97. The summed E-state index contributed by atoms with van der Waals surface area (Å²) in [6, 6.07) is 7.52. The molecule has 0 bridgehead atoms. The minimum Gasteiger partial charge on any atom is -0.495 e. The molecule has 0 aliphatic carbocycles. The van der Waals surface area contributed by atoms with E-state index in [1.807, 2.05) is 24.3 Å². The molecule has 2 amide bonds. The summed E-state index contributed by atoms with van der Waals surface area (Å²) in [5.74, 6) is 1.01. The van der Waals surface area contributed by atoms with Crippen LogP contribution in [0.2, 0.25) is 0 Å². The number of methoxy groups -OCH3 is 1. The lowest BCUT2D eigenvalue weighted by Gasteiger charge is -2.32. The molecule has 1 aliphatic rings. The minimum absolute atomic E-state index is 0.0535. The van der Waals surface area contributed by atoms with Crippen LogP contribution in [0.3, 0.4) is 0 Å². The van der Waals surface area contributed by atoms with Gasteiger partial charge in [-0.3, -0.25) is 9.59 Å². The Morgan fingerprint density at radius 3 is 2.95 bits per heavy atom. The topological polar surface area (TPSA) is 58.6 Å². The van der Waals surface area contributed by atoms with Crippen LogP contribution in [0.15, 0.2) is 24.3 Å². The van der Waals surface area contributed by atoms with Crippen LogP contribution in [0.4, 0.5) is 5.69 Å². The summed E-state index contributed by atoms with van der Waals surface area (Å²) in [5.41, 5.74) is 0.801. The molecule has 1 fully saturated rings. The molecule has 5 nitrogen and oxygen atoms in total. The second kappa shape index (κ2) is 7.36. The van der Waals surface area contributed by atoms with Gasteiger partial charge in [-0.15, -0.1) is 11.8 Å². The first-order valence-electron chi connectivity index (χ1n) is 6.94. The third kappa shape index (κ3) is 3.69. The van der Waals surface area contributed by atoms with E-state index >= 15 is 0 Å². The molecule has 1 aliphatic heterocycles. The van der Waals surface area contributed by atoms with Crippen LogP contribution in [0.1, 0.15) is 12.8 Å². The highest BCUT2D eigenvalue weighted by Gasteiger charge is 2.31. The number of para-hydroxylation sites is 2. The normalized spacial score (nSPS) is 18.5. The molecule has 0 spiro atoms. The highest BCUT2D eigenvalue weighted by atomic mass is 32.2. The van der Waals surface area contributed by atoms with Gasteiger partial charge < -0.3 is 15.0 Å². The molecule has 0 aromatic heterocycles. The van der Waals surface area contributed by atoms with Gasteiger partial charge in [0.15, 0.2) is 0 Å². The van der Waals surface area contributed by atoms with Crippen LogP contribution in [-0.4, -0.2) is 43.5 Å². The zero-order chi connectivity index (χ0) is 15.2.